The highest BCUT2D eigenvalue weighted by molar-refractivity contribution is 7.98. The lowest BCUT2D eigenvalue weighted by Gasteiger charge is -2.12. The SMILES string of the molecule is Cc1[nH]nc2nc(SCc3cccnc3)n(-c3cccnc3)c(=N)c12. The second kappa shape index (κ2) is 6.48. The number of aromatic amines is 1. The van der Waals surface area contributed by atoms with E-state index in [1.807, 2.05) is 37.4 Å². The van der Waals surface area contributed by atoms with Crippen LogP contribution in [0.4, 0.5) is 0 Å². The topological polar surface area (TPSA) is 96.1 Å². The van der Waals surface area contributed by atoms with Crippen molar-refractivity contribution in [1.82, 2.24) is 29.7 Å². The zero-order valence-electron chi connectivity index (χ0n) is 13.5. The summed E-state index contributed by atoms with van der Waals surface area (Å²) in [7, 11) is 0. The number of fused-ring (bicyclic) bond motifs is 1. The van der Waals surface area contributed by atoms with E-state index in [2.05, 4.69) is 25.1 Å². The summed E-state index contributed by atoms with van der Waals surface area (Å²) in [5.41, 5.74) is 3.62. The Kier molecular flexibility index (Phi) is 4.02. The van der Waals surface area contributed by atoms with E-state index in [1.54, 1.807) is 34.9 Å². The Morgan fingerprint density at radius 3 is 2.68 bits per heavy atom. The van der Waals surface area contributed by atoms with Gasteiger partial charge in [0, 0.05) is 30.0 Å². The molecule has 0 amide bonds. The van der Waals surface area contributed by atoms with Crippen molar-refractivity contribution in [3.8, 4) is 5.69 Å². The fraction of sp³-hybridized carbons (Fsp3) is 0.118. The minimum Gasteiger partial charge on any atom is -0.283 e. The predicted molar refractivity (Wildman–Crippen MR) is 95.4 cm³/mol. The minimum absolute atomic E-state index is 0.345. The molecule has 4 heterocycles. The molecule has 0 aliphatic carbocycles. The standard InChI is InChI=1S/C17H15N7S/c1-11-14-15(18)24(13-5-3-7-20-9-13)17(21-16(14)23-22-11)25-10-12-4-2-6-19-8-12/h2-9,18H,10H2,1H3,(H,22,23). The molecule has 0 aromatic carbocycles. The molecule has 0 spiro atoms. The average molecular weight is 349 g/mol. The van der Waals surface area contributed by atoms with Gasteiger partial charge in [-0.2, -0.15) is 5.10 Å². The van der Waals surface area contributed by atoms with Gasteiger partial charge in [0.25, 0.3) is 0 Å². The van der Waals surface area contributed by atoms with Gasteiger partial charge in [-0.3, -0.25) is 25.0 Å². The monoisotopic (exact) mass is 349 g/mol. The van der Waals surface area contributed by atoms with E-state index in [0.29, 0.717) is 22.0 Å². The van der Waals surface area contributed by atoms with E-state index in [0.717, 1.165) is 22.3 Å². The van der Waals surface area contributed by atoms with Crippen LogP contribution in [-0.2, 0) is 5.75 Å². The van der Waals surface area contributed by atoms with Crippen LogP contribution >= 0.6 is 11.8 Å². The third-order valence-electron chi connectivity index (χ3n) is 3.78. The minimum atomic E-state index is 0.345. The molecular weight excluding hydrogens is 334 g/mol. The molecule has 0 atom stereocenters. The van der Waals surface area contributed by atoms with Crippen molar-refractivity contribution in [3.05, 3.63) is 65.8 Å². The number of thioether (sulfide) groups is 1. The first-order valence-corrected chi connectivity index (χ1v) is 8.67. The van der Waals surface area contributed by atoms with E-state index in [9.17, 15) is 0 Å². The van der Waals surface area contributed by atoms with Crippen molar-refractivity contribution < 1.29 is 0 Å². The van der Waals surface area contributed by atoms with E-state index in [1.165, 1.54) is 0 Å². The number of aryl methyl sites for hydroxylation is 1. The van der Waals surface area contributed by atoms with Crippen molar-refractivity contribution in [2.24, 2.45) is 0 Å². The molecule has 4 aromatic rings. The first kappa shape index (κ1) is 15.5. The van der Waals surface area contributed by atoms with Crippen molar-refractivity contribution in [3.63, 3.8) is 0 Å². The molecule has 0 saturated heterocycles. The van der Waals surface area contributed by atoms with Gasteiger partial charge in [-0.25, -0.2) is 4.98 Å². The van der Waals surface area contributed by atoms with Gasteiger partial charge in [0.05, 0.1) is 17.3 Å². The van der Waals surface area contributed by atoms with E-state index in [4.69, 9.17) is 5.41 Å². The second-order valence-corrected chi connectivity index (χ2v) is 6.43. The van der Waals surface area contributed by atoms with Crippen LogP contribution in [-0.4, -0.2) is 29.7 Å². The lowest BCUT2D eigenvalue weighted by molar-refractivity contribution is 0.783. The van der Waals surface area contributed by atoms with Crippen molar-refractivity contribution in [1.29, 1.82) is 5.41 Å². The smallest absolute Gasteiger partial charge is 0.187 e. The largest absolute Gasteiger partial charge is 0.283 e. The maximum absolute atomic E-state index is 8.67. The quantitative estimate of drug-likeness (QED) is 0.436. The molecule has 25 heavy (non-hydrogen) atoms. The molecule has 0 unspecified atom stereocenters. The highest BCUT2D eigenvalue weighted by atomic mass is 32.2. The Bertz CT molecular complexity index is 1070. The first-order chi connectivity index (χ1) is 12.2. The summed E-state index contributed by atoms with van der Waals surface area (Å²) >= 11 is 1.54. The Morgan fingerprint density at radius 1 is 1.16 bits per heavy atom. The number of aromatic nitrogens is 6. The normalized spacial score (nSPS) is 11.1. The Labute approximate surface area is 147 Å². The number of nitrogens with one attached hydrogen (secondary N) is 2. The summed E-state index contributed by atoms with van der Waals surface area (Å²) < 4.78 is 1.80. The molecule has 4 rings (SSSR count). The molecule has 0 radical (unpaired) electrons. The van der Waals surface area contributed by atoms with E-state index < -0.39 is 0 Å². The summed E-state index contributed by atoms with van der Waals surface area (Å²) in [6.45, 7) is 1.89. The molecule has 4 aromatic heterocycles. The summed E-state index contributed by atoms with van der Waals surface area (Å²) in [6, 6.07) is 7.70. The van der Waals surface area contributed by atoms with Crippen LogP contribution in [0.15, 0.2) is 54.2 Å². The molecule has 0 fully saturated rings. The lowest BCUT2D eigenvalue weighted by Crippen LogP contribution is -2.22. The summed E-state index contributed by atoms with van der Waals surface area (Å²) in [5, 5.41) is 17.2. The predicted octanol–water partition coefficient (Wildman–Crippen LogP) is 2.62. The number of nitrogens with zero attached hydrogens (tertiary/aromatic N) is 5. The van der Waals surface area contributed by atoms with E-state index in [-0.39, 0.29) is 0 Å². The Morgan fingerprint density at radius 2 is 1.96 bits per heavy atom. The average Bonchev–Trinajstić information content (AvgIpc) is 3.03. The van der Waals surface area contributed by atoms with Gasteiger partial charge in [-0.05, 0) is 30.7 Å². The highest BCUT2D eigenvalue weighted by Gasteiger charge is 2.15. The number of pyridine rings is 2. The van der Waals surface area contributed by atoms with Gasteiger partial charge in [0.1, 0.15) is 5.49 Å². The maximum atomic E-state index is 8.67. The number of H-pyrrole nitrogens is 1. The van der Waals surface area contributed by atoms with Crippen LogP contribution in [0.1, 0.15) is 11.3 Å². The molecule has 0 aliphatic rings. The molecule has 0 bridgehead atoms. The van der Waals surface area contributed by atoms with Crippen molar-refractivity contribution in [2.75, 3.05) is 0 Å². The van der Waals surface area contributed by atoms with Crippen LogP contribution in [0.5, 0.6) is 0 Å². The Balaban J connectivity index is 1.85. The first-order valence-electron chi connectivity index (χ1n) is 7.68. The molecule has 0 aliphatic heterocycles. The summed E-state index contributed by atoms with van der Waals surface area (Å²) in [5.74, 6) is 0.704. The molecular formula is C17H15N7S. The van der Waals surface area contributed by atoms with Gasteiger partial charge in [-0.15, -0.1) is 0 Å². The third kappa shape index (κ3) is 2.91. The number of rotatable bonds is 4. The molecule has 0 saturated carbocycles. The Hall–Kier alpha value is -3.00. The van der Waals surface area contributed by atoms with Crippen LogP contribution in [0.2, 0.25) is 0 Å². The summed E-state index contributed by atoms with van der Waals surface area (Å²) in [4.78, 5) is 13.0. The fourth-order valence-corrected chi connectivity index (χ4v) is 3.53. The summed E-state index contributed by atoms with van der Waals surface area (Å²) in [6.07, 6.45) is 7.03. The van der Waals surface area contributed by atoms with Crippen LogP contribution in [0.3, 0.4) is 0 Å². The van der Waals surface area contributed by atoms with Gasteiger partial charge < -0.3 is 0 Å². The van der Waals surface area contributed by atoms with Gasteiger partial charge >= 0.3 is 0 Å². The zero-order chi connectivity index (χ0) is 17.2. The molecule has 7 nitrogen and oxygen atoms in total. The van der Waals surface area contributed by atoms with E-state index >= 15 is 0 Å². The highest BCUT2D eigenvalue weighted by Crippen LogP contribution is 2.24. The third-order valence-corrected chi connectivity index (χ3v) is 4.79. The number of hydrogen-bond acceptors (Lipinski definition) is 6. The van der Waals surface area contributed by atoms with Gasteiger partial charge in [-0.1, -0.05) is 17.8 Å². The van der Waals surface area contributed by atoms with Crippen LogP contribution in [0, 0.1) is 12.3 Å². The van der Waals surface area contributed by atoms with Crippen LogP contribution < -0.4 is 5.49 Å². The van der Waals surface area contributed by atoms with Crippen LogP contribution in [0.25, 0.3) is 16.7 Å². The van der Waals surface area contributed by atoms with Gasteiger partial charge in [0.15, 0.2) is 10.8 Å². The molecule has 124 valence electrons. The van der Waals surface area contributed by atoms with Gasteiger partial charge in [0.2, 0.25) is 0 Å². The fourth-order valence-electron chi connectivity index (χ4n) is 2.58. The molecule has 2 N–H and O–H groups in total. The van der Waals surface area contributed by atoms with Crippen molar-refractivity contribution >= 4 is 22.8 Å². The van der Waals surface area contributed by atoms with Crippen molar-refractivity contribution in [2.45, 2.75) is 17.8 Å². The maximum Gasteiger partial charge on any atom is 0.187 e. The lowest BCUT2D eigenvalue weighted by atomic mass is 10.3. The second-order valence-electron chi connectivity index (χ2n) is 5.49. The molecule has 8 heteroatoms. The number of hydrogen-bond donors (Lipinski definition) is 2. The zero-order valence-corrected chi connectivity index (χ0v) is 14.3.